The fourth-order valence-electron chi connectivity index (χ4n) is 4.46. The Labute approximate surface area is 202 Å². The number of aryl methyl sites for hydroxylation is 1. The first-order valence-electron chi connectivity index (χ1n) is 11.1. The van der Waals surface area contributed by atoms with Gasteiger partial charge in [-0.25, -0.2) is 4.98 Å². The molecular formula is C25H21F3N4O4. The molecule has 0 bridgehead atoms. The van der Waals surface area contributed by atoms with Gasteiger partial charge in [0.25, 0.3) is 11.5 Å². The van der Waals surface area contributed by atoms with Crippen molar-refractivity contribution in [3.05, 3.63) is 88.2 Å². The molecule has 0 radical (unpaired) electrons. The number of fused-ring (bicyclic) bond motifs is 2. The van der Waals surface area contributed by atoms with E-state index in [1.165, 1.54) is 34.2 Å². The summed E-state index contributed by atoms with van der Waals surface area (Å²) in [6.45, 7) is 5.47. The summed E-state index contributed by atoms with van der Waals surface area (Å²) < 4.78 is 50.8. The number of allylic oxidation sites excluding steroid dienone is 2. The van der Waals surface area contributed by atoms with Gasteiger partial charge < -0.3 is 18.6 Å². The van der Waals surface area contributed by atoms with E-state index in [0.29, 0.717) is 27.9 Å². The van der Waals surface area contributed by atoms with Crippen molar-refractivity contribution in [2.75, 3.05) is 0 Å². The Kier molecular flexibility index (Phi) is 5.50. The number of hydrogen-bond acceptors (Lipinski definition) is 5. The van der Waals surface area contributed by atoms with Gasteiger partial charge in [0.05, 0.1) is 24.3 Å². The summed E-state index contributed by atoms with van der Waals surface area (Å²) in [6.07, 6.45) is 1.59. The van der Waals surface area contributed by atoms with Gasteiger partial charge in [-0.1, -0.05) is 0 Å². The largest absolute Gasteiger partial charge is 0.573 e. The first-order chi connectivity index (χ1) is 17.0. The molecule has 3 aromatic heterocycles. The zero-order chi connectivity index (χ0) is 25.8. The molecule has 1 atom stereocenters. The summed E-state index contributed by atoms with van der Waals surface area (Å²) >= 11 is 0. The molecule has 4 aromatic rings. The molecule has 1 aliphatic rings. The molecule has 11 heteroatoms. The molecule has 1 unspecified atom stereocenters. The molecule has 0 saturated carbocycles. The van der Waals surface area contributed by atoms with E-state index in [-0.39, 0.29) is 17.8 Å². The Balaban J connectivity index is 1.55. The molecular weight excluding hydrogens is 477 g/mol. The molecule has 36 heavy (non-hydrogen) atoms. The fraction of sp³-hybridized carbons (Fsp3) is 0.240. The molecule has 0 aliphatic carbocycles. The number of aromatic nitrogens is 3. The highest BCUT2D eigenvalue weighted by Crippen LogP contribution is 2.36. The molecule has 0 N–H and O–H groups in total. The van der Waals surface area contributed by atoms with Crippen LogP contribution in [0.2, 0.25) is 0 Å². The molecule has 1 amide bonds. The molecule has 4 heterocycles. The number of furan rings is 1. The fourth-order valence-corrected chi connectivity index (χ4v) is 4.46. The third-order valence-electron chi connectivity index (χ3n) is 6.18. The van der Waals surface area contributed by atoms with Gasteiger partial charge in [-0.2, -0.15) is 0 Å². The van der Waals surface area contributed by atoms with Crippen LogP contribution in [0.4, 0.5) is 13.2 Å². The highest BCUT2D eigenvalue weighted by Gasteiger charge is 2.33. The van der Waals surface area contributed by atoms with E-state index >= 15 is 0 Å². The van der Waals surface area contributed by atoms with Gasteiger partial charge in [-0.05, 0) is 57.2 Å². The van der Waals surface area contributed by atoms with Crippen molar-refractivity contribution in [2.45, 2.75) is 39.7 Å². The van der Waals surface area contributed by atoms with Crippen molar-refractivity contribution in [2.24, 2.45) is 0 Å². The topological polar surface area (TPSA) is 82.5 Å². The van der Waals surface area contributed by atoms with E-state index in [1.807, 2.05) is 6.92 Å². The number of hydrogen-bond donors (Lipinski definition) is 0. The lowest BCUT2D eigenvalue weighted by Crippen LogP contribution is -2.35. The minimum absolute atomic E-state index is 0.173. The number of rotatable bonds is 4. The first kappa shape index (κ1) is 23.5. The zero-order valence-corrected chi connectivity index (χ0v) is 19.5. The van der Waals surface area contributed by atoms with Crippen LogP contribution < -0.4 is 10.3 Å². The minimum Gasteiger partial charge on any atom is -0.464 e. The Morgan fingerprint density at radius 1 is 1.14 bits per heavy atom. The maximum absolute atomic E-state index is 13.7. The SMILES string of the molecule is CC1=CCn2c(ccc(-n3cnc(C)c3)c2=O)C(=O)N1C(C)c1coc2ccc(OC(F)(F)F)cc12. The molecule has 0 spiro atoms. The van der Waals surface area contributed by atoms with Crippen molar-refractivity contribution < 1.29 is 27.1 Å². The van der Waals surface area contributed by atoms with Gasteiger partial charge in [0.2, 0.25) is 0 Å². The third kappa shape index (κ3) is 4.06. The van der Waals surface area contributed by atoms with Crippen LogP contribution in [0.5, 0.6) is 5.75 Å². The number of imidazole rings is 1. The maximum Gasteiger partial charge on any atom is 0.573 e. The Hall–Kier alpha value is -4.28. The molecule has 0 fully saturated rings. The molecule has 1 aliphatic heterocycles. The van der Waals surface area contributed by atoms with Gasteiger partial charge in [0.15, 0.2) is 0 Å². The van der Waals surface area contributed by atoms with Gasteiger partial charge in [0, 0.05) is 29.4 Å². The van der Waals surface area contributed by atoms with Crippen LogP contribution in [-0.2, 0) is 6.54 Å². The van der Waals surface area contributed by atoms with Crippen molar-refractivity contribution in [3.8, 4) is 11.4 Å². The van der Waals surface area contributed by atoms with Gasteiger partial charge in [-0.3, -0.25) is 14.2 Å². The number of nitrogens with zero attached hydrogens (tertiary/aromatic N) is 4. The lowest BCUT2D eigenvalue weighted by molar-refractivity contribution is -0.274. The summed E-state index contributed by atoms with van der Waals surface area (Å²) in [4.78, 5) is 32.6. The number of ether oxygens (including phenoxy) is 1. The normalized spacial score (nSPS) is 15.0. The van der Waals surface area contributed by atoms with Crippen LogP contribution >= 0.6 is 0 Å². The van der Waals surface area contributed by atoms with Gasteiger partial charge in [-0.15, -0.1) is 13.2 Å². The lowest BCUT2D eigenvalue weighted by atomic mass is 10.0. The number of benzene rings is 1. The number of pyridine rings is 1. The van der Waals surface area contributed by atoms with Gasteiger partial charge in [0.1, 0.15) is 22.7 Å². The number of alkyl halides is 3. The average molecular weight is 498 g/mol. The van der Waals surface area contributed by atoms with E-state index in [0.717, 1.165) is 11.8 Å². The average Bonchev–Trinajstić information content (AvgIpc) is 3.39. The van der Waals surface area contributed by atoms with Crippen LogP contribution in [0.1, 0.15) is 41.6 Å². The molecule has 186 valence electrons. The summed E-state index contributed by atoms with van der Waals surface area (Å²) in [7, 11) is 0. The summed E-state index contributed by atoms with van der Waals surface area (Å²) in [5.41, 5.74) is 2.39. The second-order valence-corrected chi connectivity index (χ2v) is 8.54. The number of carbonyl (C=O) groups is 1. The van der Waals surface area contributed by atoms with Crippen molar-refractivity contribution in [1.82, 2.24) is 19.0 Å². The summed E-state index contributed by atoms with van der Waals surface area (Å²) in [5, 5.41) is 0.386. The monoisotopic (exact) mass is 498 g/mol. The zero-order valence-electron chi connectivity index (χ0n) is 19.5. The predicted molar refractivity (Wildman–Crippen MR) is 124 cm³/mol. The second kappa shape index (κ2) is 8.43. The second-order valence-electron chi connectivity index (χ2n) is 8.54. The minimum atomic E-state index is -4.84. The van der Waals surface area contributed by atoms with Crippen LogP contribution in [-0.4, -0.2) is 31.3 Å². The van der Waals surface area contributed by atoms with Crippen molar-refractivity contribution >= 4 is 16.9 Å². The van der Waals surface area contributed by atoms with Crippen LogP contribution in [0.15, 0.2) is 70.1 Å². The number of carbonyl (C=O) groups excluding carboxylic acids is 1. The smallest absolute Gasteiger partial charge is 0.464 e. The Bertz CT molecular complexity index is 1580. The number of amides is 1. The quantitative estimate of drug-likeness (QED) is 0.391. The standard InChI is InChI=1S/C25H21F3N4O4/c1-14-11-30(13-29-14)20-5-6-21-24(34)32(15(2)8-9-31(21)23(20)33)16(3)19-12-35-22-7-4-17(10-18(19)22)36-25(26,27)28/h4-8,10-13,16H,9H2,1-3H3. The Morgan fingerprint density at radius 2 is 1.92 bits per heavy atom. The van der Waals surface area contributed by atoms with Crippen LogP contribution in [0.3, 0.4) is 0 Å². The van der Waals surface area contributed by atoms with E-state index in [1.54, 1.807) is 42.8 Å². The van der Waals surface area contributed by atoms with Crippen LogP contribution in [0, 0.1) is 6.92 Å². The highest BCUT2D eigenvalue weighted by molar-refractivity contribution is 5.95. The molecule has 0 saturated heterocycles. The van der Waals surface area contributed by atoms with E-state index in [2.05, 4.69) is 9.72 Å². The van der Waals surface area contributed by atoms with Gasteiger partial charge >= 0.3 is 6.36 Å². The lowest BCUT2D eigenvalue weighted by Gasteiger charge is -2.29. The van der Waals surface area contributed by atoms with E-state index in [9.17, 15) is 22.8 Å². The maximum atomic E-state index is 13.7. The molecule has 1 aromatic carbocycles. The number of halogens is 3. The predicted octanol–water partition coefficient (Wildman–Crippen LogP) is 5.11. The third-order valence-corrected chi connectivity index (χ3v) is 6.18. The summed E-state index contributed by atoms with van der Waals surface area (Å²) in [6, 6.07) is 6.32. The Morgan fingerprint density at radius 3 is 2.61 bits per heavy atom. The van der Waals surface area contributed by atoms with Crippen molar-refractivity contribution in [3.63, 3.8) is 0 Å². The van der Waals surface area contributed by atoms with Crippen molar-refractivity contribution in [1.29, 1.82) is 0 Å². The van der Waals surface area contributed by atoms with E-state index in [4.69, 9.17) is 4.42 Å². The molecule has 5 rings (SSSR count). The van der Waals surface area contributed by atoms with Crippen LogP contribution in [0.25, 0.3) is 16.7 Å². The first-order valence-corrected chi connectivity index (χ1v) is 11.1. The van der Waals surface area contributed by atoms with E-state index < -0.39 is 24.1 Å². The summed E-state index contributed by atoms with van der Waals surface area (Å²) in [5.74, 6) is -0.810. The highest BCUT2D eigenvalue weighted by atomic mass is 19.4. The molecule has 8 nitrogen and oxygen atoms in total.